The molecule has 5 atom stereocenters. The molecule has 7 N–H and O–H groups in total. The summed E-state index contributed by atoms with van der Waals surface area (Å²) in [4.78, 5) is 39.0. The van der Waals surface area contributed by atoms with Gasteiger partial charge in [-0.05, 0) is 12.8 Å². The van der Waals surface area contributed by atoms with E-state index in [1.54, 1.807) is 0 Å². The van der Waals surface area contributed by atoms with Crippen LogP contribution in [0.1, 0.15) is 12.8 Å². The smallest absolute Gasteiger partial charge is 0.387 e. The fourth-order valence-corrected chi connectivity index (χ4v) is 4.23. The van der Waals surface area contributed by atoms with E-state index in [1.165, 1.54) is 11.1 Å². The second-order valence-corrected chi connectivity index (χ2v) is 8.57. The van der Waals surface area contributed by atoms with Gasteiger partial charge in [-0.3, -0.25) is 9.32 Å². The van der Waals surface area contributed by atoms with E-state index < -0.39 is 52.7 Å². The van der Waals surface area contributed by atoms with E-state index in [0.29, 0.717) is 25.0 Å². The Morgan fingerprint density at radius 3 is 2.54 bits per heavy atom. The van der Waals surface area contributed by atoms with E-state index in [-0.39, 0.29) is 0 Å². The summed E-state index contributed by atoms with van der Waals surface area (Å²) in [6.07, 6.45) is -2.91. The molecule has 0 aromatic heterocycles. The van der Waals surface area contributed by atoms with Crippen LogP contribution >= 0.6 is 15.6 Å². The number of ether oxygens (including phenoxy) is 1. The maximum atomic E-state index is 11.4. The number of amides is 1. The SMILES string of the molecule is NC(=O)C1=CN([C@@H]2O[C@H](COP(=O)(O)OP(=O)(O)O)[C@@H](O)[C@H]2O)CCC1. The number of nitrogens with two attached hydrogens (primary N) is 1. The van der Waals surface area contributed by atoms with Crippen LogP contribution in [-0.2, 0) is 27.5 Å². The molecule has 1 saturated heterocycles. The molecule has 1 amide bonds. The lowest BCUT2D eigenvalue weighted by molar-refractivity contribution is -0.115. The highest BCUT2D eigenvalue weighted by Crippen LogP contribution is 2.57. The summed E-state index contributed by atoms with van der Waals surface area (Å²) in [5, 5.41) is 20.1. The zero-order valence-corrected chi connectivity index (χ0v) is 15.1. The van der Waals surface area contributed by atoms with Crippen molar-refractivity contribution in [2.24, 2.45) is 5.73 Å². The highest BCUT2D eigenvalue weighted by atomic mass is 31.3. The molecule has 2 heterocycles. The summed E-state index contributed by atoms with van der Waals surface area (Å²) in [6.45, 7) is -0.388. The van der Waals surface area contributed by atoms with Crippen molar-refractivity contribution in [2.75, 3.05) is 13.2 Å². The van der Waals surface area contributed by atoms with Crippen LogP contribution in [0.15, 0.2) is 11.8 Å². The zero-order chi connectivity index (χ0) is 19.7. The molecule has 150 valence electrons. The maximum absolute atomic E-state index is 11.4. The highest BCUT2D eigenvalue weighted by Gasteiger charge is 2.46. The molecule has 13 nitrogen and oxygen atoms in total. The van der Waals surface area contributed by atoms with Crippen LogP contribution in [0.2, 0.25) is 0 Å². The van der Waals surface area contributed by atoms with Crippen LogP contribution in [0, 0.1) is 0 Å². The number of nitrogens with zero attached hydrogens (tertiary/aromatic N) is 1. The molecule has 1 unspecified atom stereocenters. The molecule has 0 bridgehead atoms. The lowest BCUT2D eigenvalue weighted by atomic mass is 10.1. The highest BCUT2D eigenvalue weighted by molar-refractivity contribution is 7.60. The van der Waals surface area contributed by atoms with Gasteiger partial charge in [-0.1, -0.05) is 0 Å². The van der Waals surface area contributed by atoms with Crippen LogP contribution in [0.3, 0.4) is 0 Å². The van der Waals surface area contributed by atoms with Crippen LogP contribution in [0.5, 0.6) is 0 Å². The van der Waals surface area contributed by atoms with Gasteiger partial charge in [0, 0.05) is 18.3 Å². The number of carbonyl (C=O) groups is 1. The van der Waals surface area contributed by atoms with Crippen LogP contribution < -0.4 is 5.73 Å². The normalized spacial score (nSPS) is 32.2. The topological polar surface area (TPSA) is 209 Å². The van der Waals surface area contributed by atoms with Gasteiger partial charge in [0.25, 0.3) is 0 Å². The number of phosphoric ester groups is 1. The Labute approximate surface area is 147 Å². The van der Waals surface area contributed by atoms with Gasteiger partial charge >= 0.3 is 15.6 Å². The van der Waals surface area contributed by atoms with Crippen molar-refractivity contribution in [3.63, 3.8) is 0 Å². The van der Waals surface area contributed by atoms with Gasteiger partial charge in [0.1, 0.15) is 18.3 Å². The minimum atomic E-state index is -5.28. The standard InChI is InChI=1S/C11H20N2O11P2/c12-10(16)6-2-1-3-13(4-6)11-9(15)8(14)7(23-11)5-22-26(20,21)24-25(17,18)19/h4,7-9,11,14-15H,1-3,5H2,(H2,12,16)(H,20,21)(H2,17,18,19)/t7-,8-,9-,11-/m1/s1. The Hall–Kier alpha value is -0.850. The molecule has 26 heavy (non-hydrogen) atoms. The van der Waals surface area contributed by atoms with Crippen molar-refractivity contribution in [1.82, 2.24) is 4.90 Å². The number of hydrogen-bond donors (Lipinski definition) is 6. The van der Waals surface area contributed by atoms with Gasteiger partial charge < -0.3 is 40.3 Å². The molecule has 0 saturated carbocycles. The first-order valence-corrected chi connectivity index (χ1v) is 10.4. The Kier molecular flexibility index (Phi) is 6.62. The number of aliphatic hydroxyl groups excluding tert-OH is 2. The number of carbonyl (C=O) groups excluding carboxylic acids is 1. The van der Waals surface area contributed by atoms with Gasteiger partial charge in [-0.15, -0.1) is 0 Å². The van der Waals surface area contributed by atoms with Crippen molar-refractivity contribution >= 4 is 21.6 Å². The summed E-state index contributed by atoms with van der Waals surface area (Å²) < 4.78 is 35.4. The number of primary amides is 1. The fourth-order valence-electron chi connectivity index (χ4n) is 2.64. The molecule has 2 rings (SSSR count). The van der Waals surface area contributed by atoms with Crippen LogP contribution in [-0.4, -0.2) is 73.4 Å². The van der Waals surface area contributed by atoms with Crippen LogP contribution in [0.4, 0.5) is 0 Å². The molecule has 0 aromatic carbocycles. The van der Waals surface area contributed by atoms with E-state index >= 15 is 0 Å². The summed E-state index contributed by atoms with van der Waals surface area (Å²) in [6, 6.07) is 0. The monoisotopic (exact) mass is 418 g/mol. The summed E-state index contributed by atoms with van der Waals surface area (Å²) in [7, 11) is -10.4. The van der Waals surface area contributed by atoms with E-state index in [9.17, 15) is 29.0 Å². The predicted octanol–water partition coefficient (Wildman–Crippen LogP) is -1.88. The molecule has 2 aliphatic heterocycles. The van der Waals surface area contributed by atoms with Crippen molar-refractivity contribution in [2.45, 2.75) is 37.4 Å². The summed E-state index contributed by atoms with van der Waals surface area (Å²) >= 11 is 0. The predicted molar refractivity (Wildman–Crippen MR) is 82.8 cm³/mol. The Bertz CT molecular complexity index is 665. The minimum absolute atomic E-state index is 0.316. The lowest BCUT2D eigenvalue weighted by Gasteiger charge is -2.32. The molecule has 1 fully saturated rings. The van der Waals surface area contributed by atoms with E-state index in [2.05, 4.69) is 8.83 Å². The number of aliphatic hydroxyl groups is 2. The fraction of sp³-hybridized carbons (Fsp3) is 0.727. The molecule has 15 heteroatoms. The molecule has 0 aromatic rings. The first-order chi connectivity index (χ1) is 11.9. The first-order valence-electron chi connectivity index (χ1n) is 7.42. The lowest BCUT2D eigenvalue weighted by Crippen LogP contribution is -2.43. The van der Waals surface area contributed by atoms with Gasteiger partial charge in [-0.25, -0.2) is 9.13 Å². The molecule has 2 aliphatic rings. The molecule has 0 radical (unpaired) electrons. The number of hydrogen-bond acceptors (Lipinski definition) is 9. The second kappa shape index (κ2) is 8.03. The zero-order valence-electron chi connectivity index (χ0n) is 13.3. The van der Waals surface area contributed by atoms with Crippen LogP contribution in [0.25, 0.3) is 0 Å². The average Bonchev–Trinajstić information content (AvgIpc) is 2.79. The number of rotatable bonds is 7. The third kappa shape index (κ3) is 5.57. The Morgan fingerprint density at radius 2 is 1.96 bits per heavy atom. The molecule has 0 aliphatic carbocycles. The number of phosphoric acid groups is 2. The van der Waals surface area contributed by atoms with Gasteiger partial charge in [0.15, 0.2) is 6.23 Å². The maximum Gasteiger partial charge on any atom is 0.481 e. The Balaban J connectivity index is 2.01. The molecular weight excluding hydrogens is 398 g/mol. The minimum Gasteiger partial charge on any atom is -0.387 e. The van der Waals surface area contributed by atoms with Gasteiger partial charge in [0.2, 0.25) is 5.91 Å². The molecular formula is C11H20N2O11P2. The van der Waals surface area contributed by atoms with E-state index in [4.69, 9.17) is 20.3 Å². The van der Waals surface area contributed by atoms with Crippen molar-refractivity contribution in [1.29, 1.82) is 0 Å². The first kappa shape index (κ1) is 21.5. The summed E-state index contributed by atoms with van der Waals surface area (Å²) in [5.41, 5.74) is 5.54. The van der Waals surface area contributed by atoms with E-state index in [1.807, 2.05) is 0 Å². The largest absolute Gasteiger partial charge is 0.481 e. The second-order valence-electron chi connectivity index (χ2n) is 5.74. The van der Waals surface area contributed by atoms with Gasteiger partial charge in [-0.2, -0.15) is 4.31 Å². The molecule has 0 spiro atoms. The van der Waals surface area contributed by atoms with Crippen molar-refractivity contribution in [3.8, 4) is 0 Å². The summed E-state index contributed by atoms with van der Waals surface area (Å²) in [5.74, 6) is -0.626. The Morgan fingerprint density at radius 1 is 1.31 bits per heavy atom. The third-order valence-corrected chi connectivity index (χ3v) is 5.93. The van der Waals surface area contributed by atoms with Gasteiger partial charge in [0.05, 0.1) is 6.61 Å². The van der Waals surface area contributed by atoms with E-state index in [0.717, 1.165) is 0 Å². The van der Waals surface area contributed by atoms with Crippen molar-refractivity contribution in [3.05, 3.63) is 11.8 Å². The quantitative estimate of drug-likeness (QED) is 0.251. The van der Waals surface area contributed by atoms with Crippen molar-refractivity contribution < 1.29 is 52.4 Å². The average molecular weight is 418 g/mol. The third-order valence-electron chi connectivity index (χ3n) is 3.78.